The van der Waals surface area contributed by atoms with Crippen molar-refractivity contribution in [3.8, 4) is 0 Å². The van der Waals surface area contributed by atoms with E-state index in [2.05, 4.69) is 27.7 Å². The normalized spacial score (nSPS) is 48.0. The molecule has 0 heterocycles. The summed E-state index contributed by atoms with van der Waals surface area (Å²) >= 11 is 0. The Morgan fingerprint density at radius 1 is 0.464 bits per heavy atom. The molecule has 8 fully saturated rings. The van der Waals surface area contributed by atoms with Gasteiger partial charge in [0.05, 0.1) is 13.2 Å². The van der Waals surface area contributed by atoms with Gasteiger partial charge in [0.1, 0.15) is 11.6 Å². The van der Waals surface area contributed by atoms with Gasteiger partial charge in [-0.1, -0.05) is 40.5 Å². The molecule has 56 heavy (non-hydrogen) atoms. The van der Waals surface area contributed by atoms with E-state index in [0.29, 0.717) is 47.4 Å². The zero-order valence-corrected chi connectivity index (χ0v) is 36.9. The zero-order valence-electron chi connectivity index (χ0n) is 36.9. The molecule has 0 amide bonds. The largest absolute Gasteiger partial charge is 0.508 e. The maximum Gasteiger partial charge on any atom is 0.508 e. The summed E-state index contributed by atoms with van der Waals surface area (Å²) in [5.74, 6) is 9.86. The van der Waals surface area contributed by atoms with Gasteiger partial charge in [-0.2, -0.15) is 0 Å². The molecular formula is C51H82O5. The smallest absolute Gasteiger partial charge is 0.434 e. The summed E-state index contributed by atoms with van der Waals surface area (Å²) in [5, 5.41) is 0. The maximum atomic E-state index is 12.5. The number of carbonyl (C=O) groups excluding carboxylic acids is 3. The van der Waals surface area contributed by atoms with E-state index in [0.717, 1.165) is 97.7 Å². The number of ketones is 2. The molecule has 16 atom stereocenters. The van der Waals surface area contributed by atoms with Gasteiger partial charge >= 0.3 is 6.16 Å². The number of ether oxygens (including phenoxy) is 2. The molecule has 0 bridgehead atoms. The van der Waals surface area contributed by atoms with Crippen molar-refractivity contribution in [1.29, 1.82) is 0 Å². The minimum Gasteiger partial charge on any atom is -0.434 e. The monoisotopic (exact) mass is 775 g/mol. The fourth-order valence-corrected chi connectivity index (χ4v) is 18.0. The van der Waals surface area contributed by atoms with E-state index in [1.54, 1.807) is 0 Å². The summed E-state index contributed by atoms with van der Waals surface area (Å²) in [6, 6.07) is 0. The second-order valence-electron chi connectivity index (χ2n) is 23.1. The van der Waals surface area contributed by atoms with Gasteiger partial charge < -0.3 is 9.47 Å². The predicted octanol–water partition coefficient (Wildman–Crippen LogP) is 13.2. The lowest BCUT2D eigenvalue weighted by atomic mass is 9.44. The van der Waals surface area contributed by atoms with Crippen molar-refractivity contribution in [2.24, 2.45) is 92.7 Å². The van der Waals surface area contributed by atoms with Gasteiger partial charge in [-0.25, -0.2) is 4.79 Å². The molecule has 8 aliphatic carbocycles. The minimum absolute atomic E-state index is 0.262. The Kier molecular flexibility index (Phi) is 12.0. The Balaban J connectivity index is 0.681. The molecule has 5 nitrogen and oxygen atoms in total. The minimum atomic E-state index is -0.471. The van der Waals surface area contributed by atoms with Gasteiger partial charge in [0, 0.05) is 11.8 Å². The number of hydrogen-bond acceptors (Lipinski definition) is 5. The Bertz CT molecular complexity index is 1330. The van der Waals surface area contributed by atoms with E-state index in [9.17, 15) is 14.4 Å². The lowest BCUT2D eigenvalue weighted by Crippen LogP contribution is -2.53. The molecule has 0 radical (unpaired) electrons. The lowest BCUT2D eigenvalue weighted by Gasteiger charge is -2.61. The van der Waals surface area contributed by atoms with Gasteiger partial charge in [-0.05, 0) is 236 Å². The zero-order chi connectivity index (χ0) is 39.5. The summed E-state index contributed by atoms with van der Waals surface area (Å²) < 4.78 is 11.0. The van der Waals surface area contributed by atoms with Crippen molar-refractivity contribution in [3.63, 3.8) is 0 Å². The third kappa shape index (κ3) is 7.29. The SMILES string of the molecule is CC(=O)[C@H]1CC[C@H]2[C@@H]3CC[C@H]4C[C@H](CCCCOC(=O)OCCCC[C@@H]5CC[C@@]6(C)[C@@H](CC[C@@H]7[C@@H]6CC[C@]6(C)[C@@H](C(C)=O)CC[C@@H]76)C5)CC[C@]4(C)[C@H]3CC[C@]12C. The fraction of sp³-hybridized carbons (Fsp3) is 0.941. The van der Waals surface area contributed by atoms with Crippen molar-refractivity contribution in [1.82, 2.24) is 0 Å². The van der Waals surface area contributed by atoms with Crippen LogP contribution in [0.4, 0.5) is 4.79 Å². The van der Waals surface area contributed by atoms with Crippen LogP contribution in [0.25, 0.3) is 0 Å². The van der Waals surface area contributed by atoms with Gasteiger partial charge in [-0.3, -0.25) is 9.59 Å². The van der Waals surface area contributed by atoms with Gasteiger partial charge in [-0.15, -0.1) is 0 Å². The van der Waals surface area contributed by atoms with Crippen molar-refractivity contribution < 1.29 is 23.9 Å². The van der Waals surface area contributed by atoms with Gasteiger partial charge in [0.15, 0.2) is 0 Å². The molecule has 0 aliphatic heterocycles. The summed E-state index contributed by atoms with van der Waals surface area (Å²) in [6.45, 7) is 15.0. The van der Waals surface area contributed by atoms with E-state index in [1.807, 2.05) is 13.8 Å². The Labute approximate surface area is 342 Å². The number of Topliss-reactive ketones (excluding diaryl/α,β-unsaturated/α-hetero) is 2. The maximum absolute atomic E-state index is 12.5. The topological polar surface area (TPSA) is 69.7 Å². The van der Waals surface area contributed by atoms with Crippen LogP contribution in [0.3, 0.4) is 0 Å². The summed E-state index contributed by atoms with van der Waals surface area (Å²) in [5.41, 5.74) is 1.52. The quantitative estimate of drug-likeness (QED) is 0.146. The first kappa shape index (κ1) is 41.3. The summed E-state index contributed by atoms with van der Waals surface area (Å²) in [6.07, 6.45) is 30.2. The van der Waals surface area contributed by atoms with Crippen molar-refractivity contribution >= 4 is 17.7 Å². The average molecular weight is 775 g/mol. The molecule has 316 valence electrons. The first-order valence-electron chi connectivity index (χ1n) is 24.6. The Morgan fingerprint density at radius 2 is 0.857 bits per heavy atom. The molecule has 0 saturated heterocycles. The molecule has 0 unspecified atom stereocenters. The molecule has 0 aromatic rings. The molecule has 8 saturated carbocycles. The first-order valence-corrected chi connectivity index (χ1v) is 24.6. The van der Waals surface area contributed by atoms with E-state index < -0.39 is 6.16 Å². The van der Waals surface area contributed by atoms with Crippen molar-refractivity contribution in [3.05, 3.63) is 0 Å². The highest BCUT2D eigenvalue weighted by Gasteiger charge is 2.62. The number of hydrogen-bond donors (Lipinski definition) is 0. The lowest BCUT2D eigenvalue weighted by molar-refractivity contribution is -0.136. The van der Waals surface area contributed by atoms with E-state index in [1.165, 1.54) is 116 Å². The second kappa shape index (κ2) is 16.2. The van der Waals surface area contributed by atoms with E-state index in [4.69, 9.17) is 9.47 Å². The van der Waals surface area contributed by atoms with Gasteiger partial charge in [0.25, 0.3) is 0 Å². The summed E-state index contributed by atoms with van der Waals surface area (Å²) in [4.78, 5) is 37.5. The second-order valence-corrected chi connectivity index (χ2v) is 23.1. The van der Waals surface area contributed by atoms with Crippen LogP contribution in [-0.4, -0.2) is 30.9 Å². The van der Waals surface area contributed by atoms with Crippen molar-refractivity contribution in [2.45, 2.75) is 196 Å². The van der Waals surface area contributed by atoms with Crippen LogP contribution in [0.1, 0.15) is 196 Å². The third-order valence-electron chi connectivity index (χ3n) is 21.0. The standard InChI is InChI=1S/C51H82O5/c1-33(52)41-17-19-43-39-15-13-37-31-35(21-25-48(37,3)45(39)23-27-50(41,43)5)11-7-9-29-55-47(54)56-30-10-8-12-36-22-26-49(4)38(32-36)14-16-40-44-20-18-42(34(2)53)51(44,6)28-24-46(40)49/h35-46H,7-32H2,1-6H3/t35-,36-,37+,38+,39+,40+,41-,42-,43+,44+,45+,46+,48+,49+,50-,51-/m1/s1. The molecular weight excluding hydrogens is 693 g/mol. The molecule has 0 spiro atoms. The molecule has 0 N–H and O–H groups in total. The van der Waals surface area contributed by atoms with Crippen LogP contribution in [0.5, 0.6) is 0 Å². The third-order valence-corrected chi connectivity index (χ3v) is 21.0. The van der Waals surface area contributed by atoms with Crippen LogP contribution in [0.2, 0.25) is 0 Å². The Hall–Kier alpha value is -1.39. The molecule has 5 heteroatoms. The van der Waals surface area contributed by atoms with Crippen LogP contribution in [-0.2, 0) is 19.1 Å². The molecule has 0 aromatic carbocycles. The highest BCUT2D eigenvalue weighted by molar-refractivity contribution is 5.80. The van der Waals surface area contributed by atoms with Crippen LogP contribution < -0.4 is 0 Å². The highest BCUT2D eigenvalue weighted by Crippen LogP contribution is 2.69. The molecule has 8 aliphatic rings. The van der Waals surface area contributed by atoms with Crippen LogP contribution in [0, 0.1) is 92.7 Å². The van der Waals surface area contributed by atoms with Crippen LogP contribution >= 0.6 is 0 Å². The van der Waals surface area contributed by atoms with Crippen molar-refractivity contribution in [2.75, 3.05) is 13.2 Å². The number of carbonyl (C=O) groups is 3. The summed E-state index contributed by atoms with van der Waals surface area (Å²) in [7, 11) is 0. The van der Waals surface area contributed by atoms with E-state index >= 15 is 0 Å². The highest BCUT2D eigenvalue weighted by atomic mass is 16.7. The first-order chi connectivity index (χ1) is 26.8. The molecule has 8 rings (SSSR count). The number of rotatable bonds is 12. The Morgan fingerprint density at radius 3 is 1.27 bits per heavy atom. The number of unbranched alkanes of at least 4 members (excludes halogenated alkanes) is 2. The number of fused-ring (bicyclic) bond motifs is 10. The predicted molar refractivity (Wildman–Crippen MR) is 224 cm³/mol. The average Bonchev–Trinajstić information content (AvgIpc) is 3.72. The fourth-order valence-electron chi connectivity index (χ4n) is 18.0. The van der Waals surface area contributed by atoms with Gasteiger partial charge in [0.2, 0.25) is 0 Å². The molecule has 0 aromatic heterocycles. The van der Waals surface area contributed by atoms with E-state index in [-0.39, 0.29) is 10.8 Å². The van der Waals surface area contributed by atoms with Crippen LogP contribution in [0.15, 0.2) is 0 Å².